The van der Waals surface area contributed by atoms with Crippen LogP contribution in [0.4, 0.5) is 19.4 Å². The fraction of sp³-hybridized carbons (Fsp3) is 0.308. The van der Waals surface area contributed by atoms with Gasteiger partial charge < -0.3 is 15.4 Å². The lowest BCUT2D eigenvalue weighted by Gasteiger charge is -2.15. The number of benzene rings is 2. The molecule has 1 fully saturated rings. The first-order chi connectivity index (χ1) is 17.9. The summed E-state index contributed by atoms with van der Waals surface area (Å²) in [5, 5.41) is 24.5. The first-order valence-electron chi connectivity index (χ1n) is 11.5. The summed E-state index contributed by atoms with van der Waals surface area (Å²) in [7, 11) is 1.68. The summed E-state index contributed by atoms with van der Waals surface area (Å²) in [5.41, 5.74) is 7.08. The number of carbonyl (C=O) groups excluding carboxylic acids is 1. The average molecular weight is 508 g/mol. The van der Waals surface area contributed by atoms with Crippen LogP contribution in [0.2, 0.25) is 0 Å². The predicted octanol–water partition coefficient (Wildman–Crippen LogP) is 3.70. The third-order valence-corrected chi connectivity index (χ3v) is 5.86. The number of rotatable bonds is 7. The van der Waals surface area contributed by atoms with Crippen molar-refractivity contribution in [2.75, 3.05) is 38.7 Å². The Bertz CT molecular complexity index is 1300. The second-order valence-corrected chi connectivity index (χ2v) is 8.31. The highest BCUT2D eigenvalue weighted by Crippen LogP contribution is 2.28. The number of hydrogen-bond donors (Lipinski definition) is 2. The van der Waals surface area contributed by atoms with Gasteiger partial charge in [0, 0.05) is 20.2 Å². The third kappa shape index (κ3) is 7.10. The van der Waals surface area contributed by atoms with Gasteiger partial charge in [-0.05, 0) is 48.7 Å². The molecule has 192 valence electrons. The lowest BCUT2D eigenvalue weighted by molar-refractivity contribution is 0.160. The van der Waals surface area contributed by atoms with Crippen molar-refractivity contribution < 1.29 is 18.3 Å². The van der Waals surface area contributed by atoms with Crippen LogP contribution in [0, 0.1) is 34.3 Å². The van der Waals surface area contributed by atoms with Crippen molar-refractivity contribution in [1.29, 1.82) is 10.5 Å². The van der Waals surface area contributed by atoms with E-state index in [0.29, 0.717) is 23.9 Å². The van der Waals surface area contributed by atoms with Gasteiger partial charge in [-0.25, -0.2) is 18.3 Å². The van der Waals surface area contributed by atoms with Gasteiger partial charge >= 0.3 is 6.03 Å². The van der Waals surface area contributed by atoms with Crippen LogP contribution in [0.3, 0.4) is 0 Å². The predicted molar refractivity (Wildman–Crippen MR) is 133 cm³/mol. The van der Waals surface area contributed by atoms with Gasteiger partial charge in [-0.3, -0.25) is 5.32 Å². The van der Waals surface area contributed by atoms with Gasteiger partial charge in [0.2, 0.25) is 0 Å². The molecule has 1 unspecified atom stereocenters. The van der Waals surface area contributed by atoms with E-state index in [9.17, 15) is 18.8 Å². The van der Waals surface area contributed by atoms with Crippen LogP contribution in [0.15, 0.2) is 48.5 Å². The zero-order valence-electron chi connectivity index (χ0n) is 20.3. The standard InChI is InChI=1S/C13H17F2NO.C13H10N6O/c1-17-7-6-16-5-4-11(9-16)10-2-3-12(14)13(15)8-10;14-7-6-11-10(8-15)12(17-13(16)20)19(18-11)9-4-2-1-3-5-9/h2-3,8,11H,4-7,9H2,1H3;1-5H,6H2,(H3,16,17,20). The lowest BCUT2D eigenvalue weighted by Crippen LogP contribution is -2.24. The lowest BCUT2D eigenvalue weighted by atomic mass is 9.98. The maximum absolute atomic E-state index is 13.1. The Morgan fingerprint density at radius 1 is 1.22 bits per heavy atom. The molecule has 4 rings (SSSR count). The Balaban J connectivity index is 0.000000208. The number of nitrogens with one attached hydrogen (secondary N) is 1. The van der Waals surface area contributed by atoms with Crippen molar-refractivity contribution in [3.05, 3.63) is 77.0 Å². The molecule has 0 saturated carbocycles. The van der Waals surface area contributed by atoms with Gasteiger partial charge in [-0.15, -0.1) is 0 Å². The number of nitrogens with zero attached hydrogens (tertiary/aromatic N) is 5. The zero-order chi connectivity index (χ0) is 26.8. The Labute approximate surface area is 213 Å². The Morgan fingerprint density at radius 3 is 2.59 bits per heavy atom. The Hall–Kier alpha value is -4.32. The fourth-order valence-corrected chi connectivity index (χ4v) is 4.06. The topological polar surface area (TPSA) is 133 Å². The van der Waals surface area contributed by atoms with Crippen LogP contribution >= 0.6 is 0 Å². The summed E-state index contributed by atoms with van der Waals surface area (Å²) >= 11 is 0. The molecule has 1 atom stereocenters. The van der Waals surface area contributed by atoms with E-state index < -0.39 is 17.7 Å². The molecule has 1 aliphatic rings. The minimum atomic E-state index is -0.804. The van der Waals surface area contributed by atoms with Crippen molar-refractivity contribution in [3.63, 3.8) is 0 Å². The Morgan fingerprint density at radius 2 is 1.97 bits per heavy atom. The van der Waals surface area contributed by atoms with E-state index in [1.54, 1.807) is 37.4 Å². The molecule has 2 aromatic carbocycles. The van der Waals surface area contributed by atoms with Gasteiger partial charge in [0.15, 0.2) is 17.5 Å². The number of amides is 2. The van der Waals surface area contributed by atoms with E-state index in [0.717, 1.165) is 31.6 Å². The molecule has 37 heavy (non-hydrogen) atoms. The summed E-state index contributed by atoms with van der Waals surface area (Å²) in [6.45, 7) is 3.50. The molecule has 0 radical (unpaired) electrons. The van der Waals surface area contributed by atoms with Crippen LogP contribution < -0.4 is 11.1 Å². The zero-order valence-corrected chi connectivity index (χ0v) is 20.3. The second kappa shape index (κ2) is 13.1. The number of halogens is 2. The van der Waals surface area contributed by atoms with E-state index >= 15 is 0 Å². The fourth-order valence-electron chi connectivity index (χ4n) is 4.06. The SMILES string of the molecule is COCCN1CCC(c2ccc(F)c(F)c2)C1.N#CCc1nn(-c2ccccc2)c(NC(N)=O)c1C#N. The molecule has 0 aliphatic carbocycles. The molecule has 1 aliphatic heterocycles. The molecule has 1 saturated heterocycles. The van der Waals surface area contributed by atoms with E-state index in [4.69, 9.17) is 15.7 Å². The van der Waals surface area contributed by atoms with E-state index in [-0.39, 0.29) is 17.8 Å². The summed E-state index contributed by atoms with van der Waals surface area (Å²) in [6.07, 6.45) is 0.963. The van der Waals surface area contributed by atoms with Gasteiger partial charge in [0.1, 0.15) is 11.6 Å². The monoisotopic (exact) mass is 507 g/mol. The van der Waals surface area contributed by atoms with Crippen molar-refractivity contribution in [2.45, 2.75) is 18.8 Å². The highest BCUT2D eigenvalue weighted by atomic mass is 19.2. The molecular weight excluding hydrogens is 480 g/mol. The largest absolute Gasteiger partial charge is 0.383 e. The van der Waals surface area contributed by atoms with Crippen molar-refractivity contribution in [1.82, 2.24) is 14.7 Å². The van der Waals surface area contributed by atoms with Gasteiger partial charge in [-0.1, -0.05) is 24.3 Å². The maximum atomic E-state index is 13.1. The number of nitrogens with two attached hydrogens (primary N) is 1. The number of primary amides is 1. The second-order valence-electron chi connectivity index (χ2n) is 8.31. The van der Waals surface area contributed by atoms with Crippen LogP contribution in [0.25, 0.3) is 5.69 Å². The molecule has 9 nitrogen and oxygen atoms in total. The summed E-state index contributed by atoms with van der Waals surface area (Å²) in [6, 6.07) is 16.2. The number of likely N-dealkylation sites (tertiary alicyclic amines) is 1. The number of carbonyl (C=O) groups is 1. The molecule has 3 aromatic rings. The number of ether oxygens (including phenoxy) is 1. The molecule has 2 amide bonds. The molecular formula is C26H27F2N7O2. The number of hydrogen-bond acceptors (Lipinski definition) is 6. The molecule has 0 bridgehead atoms. The van der Waals surface area contributed by atoms with Crippen molar-refractivity contribution in [2.24, 2.45) is 5.73 Å². The first-order valence-corrected chi connectivity index (χ1v) is 11.5. The van der Waals surface area contributed by atoms with Crippen LogP contribution in [0.1, 0.15) is 29.2 Å². The van der Waals surface area contributed by atoms with Crippen molar-refractivity contribution >= 4 is 11.8 Å². The van der Waals surface area contributed by atoms with E-state index in [1.807, 2.05) is 18.2 Å². The van der Waals surface area contributed by atoms with Crippen LogP contribution in [-0.2, 0) is 11.2 Å². The third-order valence-electron chi connectivity index (χ3n) is 5.86. The Kier molecular flexibility index (Phi) is 9.67. The highest BCUT2D eigenvalue weighted by Gasteiger charge is 2.24. The highest BCUT2D eigenvalue weighted by molar-refractivity contribution is 5.89. The summed E-state index contributed by atoms with van der Waals surface area (Å²) < 4.78 is 32.4. The number of nitriles is 2. The van der Waals surface area contributed by atoms with Crippen LogP contribution in [-0.4, -0.2) is 54.1 Å². The number of aromatic nitrogens is 2. The normalized spacial score (nSPS) is 14.8. The van der Waals surface area contributed by atoms with Crippen LogP contribution in [0.5, 0.6) is 0 Å². The number of anilines is 1. The average Bonchev–Trinajstić information content (AvgIpc) is 3.50. The molecule has 3 N–H and O–H groups in total. The first kappa shape index (κ1) is 27.3. The van der Waals surface area contributed by atoms with E-state index in [2.05, 4.69) is 15.3 Å². The summed E-state index contributed by atoms with van der Waals surface area (Å²) in [5.74, 6) is -1.06. The van der Waals surface area contributed by atoms with E-state index in [1.165, 1.54) is 16.8 Å². The quantitative estimate of drug-likeness (QED) is 0.501. The van der Waals surface area contributed by atoms with Gasteiger partial charge in [0.25, 0.3) is 0 Å². The van der Waals surface area contributed by atoms with Crippen molar-refractivity contribution in [3.8, 4) is 17.8 Å². The summed E-state index contributed by atoms with van der Waals surface area (Å²) in [4.78, 5) is 13.4. The van der Waals surface area contributed by atoms with Gasteiger partial charge in [-0.2, -0.15) is 15.6 Å². The smallest absolute Gasteiger partial charge is 0.317 e. The molecule has 2 heterocycles. The molecule has 1 aromatic heterocycles. The molecule has 0 spiro atoms. The van der Waals surface area contributed by atoms with Gasteiger partial charge in [0.05, 0.1) is 30.5 Å². The molecule has 11 heteroatoms. The minimum absolute atomic E-state index is 0.0316. The number of methoxy groups -OCH3 is 1. The number of urea groups is 1. The number of para-hydroxylation sites is 1. The minimum Gasteiger partial charge on any atom is -0.383 e. The maximum Gasteiger partial charge on any atom is 0.317 e.